The largest absolute Gasteiger partial charge is 0.485 e. The Hall–Kier alpha value is -2.54. The highest BCUT2D eigenvalue weighted by Crippen LogP contribution is 2.31. The maximum Gasteiger partial charge on any atom is 0.267 e. The molecule has 3 heterocycles. The molecule has 1 saturated heterocycles. The fourth-order valence-corrected chi connectivity index (χ4v) is 3.45. The fourth-order valence-electron chi connectivity index (χ4n) is 3.45. The summed E-state index contributed by atoms with van der Waals surface area (Å²) in [4.78, 5) is 18.8. The zero-order valence-electron chi connectivity index (χ0n) is 14.9. The Morgan fingerprint density at radius 3 is 2.77 bits per heavy atom. The van der Waals surface area contributed by atoms with E-state index in [1.165, 1.54) is 0 Å². The molecule has 0 saturated carbocycles. The molecule has 7 heteroatoms. The number of para-hydroxylation sites is 2. The lowest BCUT2D eigenvalue weighted by molar-refractivity contribution is -0.142. The minimum atomic E-state index is -0.552. The van der Waals surface area contributed by atoms with Crippen LogP contribution < -0.4 is 14.8 Å². The van der Waals surface area contributed by atoms with Gasteiger partial charge in [0.1, 0.15) is 6.61 Å². The molecular weight excluding hydrogens is 332 g/mol. The molecule has 0 spiro atoms. The van der Waals surface area contributed by atoms with Crippen molar-refractivity contribution in [2.24, 2.45) is 7.05 Å². The Kier molecular flexibility index (Phi) is 4.79. The SMILES string of the molecule is Cn1cncc1CNC1CCN(C(=O)C2COc3ccccc3O2)CC1. The van der Waals surface area contributed by atoms with Gasteiger partial charge in [0, 0.05) is 38.9 Å². The van der Waals surface area contributed by atoms with Crippen molar-refractivity contribution in [3.05, 3.63) is 42.5 Å². The van der Waals surface area contributed by atoms with Crippen LogP contribution in [0.1, 0.15) is 18.5 Å². The van der Waals surface area contributed by atoms with Crippen molar-refractivity contribution in [1.82, 2.24) is 19.8 Å². The monoisotopic (exact) mass is 356 g/mol. The van der Waals surface area contributed by atoms with Crippen LogP contribution in [0.25, 0.3) is 0 Å². The smallest absolute Gasteiger partial charge is 0.267 e. The summed E-state index contributed by atoms with van der Waals surface area (Å²) in [6.07, 6.45) is 5.01. The van der Waals surface area contributed by atoms with Crippen LogP contribution in [0.3, 0.4) is 0 Å². The van der Waals surface area contributed by atoms with Gasteiger partial charge < -0.3 is 24.3 Å². The Morgan fingerprint density at radius 1 is 1.27 bits per heavy atom. The number of amides is 1. The first-order valence-corrected chi connectivity index (χ1v) is 9.06. The number of aromatic nitrogens is 2. The number of benzene rings is 1. The molecule has 1 aromatic heterocycles. The molecule has 1 atom stereocenters. The van der Waals surface area contributed by atoms with Gasteiger partial charge in [-0.05, 0) is 25.0 Å². The average Bonchev–Trinajstić information content (AvgIpc) is 3.10. The summed E-state index contributed by atoms with van der Waals surface area (Å²) in [5.74, 6) is 1.36. The number of likely N-dealkylation sites (tertiary alicyclic amines) is 1. The number of carbonyl (C=O) groups is 1. The molecule has 0 bridgehead atoms. The molecule has 26 heavy (non-hydrogen) atoms. The number of fused-ring (bicyclic) bond motifs is 1. The third kappa shape index (κ3) is 3.53. The van der Waals surface area contributed by atoms with E-state index in [4.69, 9.17) is 9.47 Å². The second-order valence-electron chi connectivity index (χ2n) is 6.84. The predicted octanol–water partition coefficient (Wildman–Crippen LogP) is 1.34. The molecule has 4 rings (SSSR count). The summed E-state index contributed by atoms with van der Waals surface area (Å²) in [7, 11) is 2.00. The van der Waals surface area contributed by atoms with Gasteiger partial charge in [-0.25, -0.2) is 4.98 Å². The molecule has 138 valence electrons. The first kappa shape index (κ1) is 16.9. The van der Waals surface area contributed by atoms with E-state index in [2.05, 4.69) is 10.3 Å². The normalized spacial score (nSPS) is 20.2. The molecular formula is C19H24N4O3. The molecule has 2 aliphatic heterocycles. The van der Waals surface area contributed by atoms with Crippen molar-refractivity contribution in [3.63, 3.8) is 0 Å². The van der Waals surface area contributed by atoms with E-state index in [0.29, 0.717) is 17.5 Å². The van der Waals surface area contributed by atoms with Crippen LogP contribution in [0, 0.1) is 0 Å². The van der Waals surface area contributed by atoms with Crippen LogP contribution in [0.5, 0.6) is 11.5 Å². The summed E-state index contributed by atoms with van der Waals surface area (Å²) in [6.45, 7) is 2.55. The summed E-state index contributed by atoms with van der Waals surface area (Å²) < 4.78 is 13.5. The lowest BCUT2D eigenvalue weighted by Crippen LogP contribution is -2.51. The van der Waals surface area contributed by atoms with Gasteiger partial charge in [0.05, 0.1) is 12.0 Å². The van der Waals surface area contributed by atoms with Gasteiger partial charge in [0.25, 0.3) is 5.91 Å². The number of nitrogens with zero attached hydrogens (tertiary/aromatic N) is 3. The minimum absolute atomic E-state index is 0.0181. The lowest BCUT2D eigenvalue weighted by Gasteiger charge is -2.35. The van der Waals surface area contributed by atoms with Gasteiger partial charge in [-0.15, -0.1) is 0 Å². The number of ether oxygens (including phenoxy) is 2. The number of aryl methyl sites for hydroxylation is 1. The Balaban J connectivity index is 1.27. The molecule has 0 aliphatic carbocycles. The van der Waals surface area contributed by atoms with Gasteiger partial charge in [-0.1, -0.05) is 12.1 Å². The van der Waals surface area contributed by atoms with Gasteiger partial charge in [-0.3, -0.25) is 4.79 Å². The summed E-state index contributed by atoms with van der Waals surface area (Å²) in [6, 6.07) is 7.89. The number of piperidine rings is 1. The molecule has 1 N–H and O–H groups in total. The molecule has 1 amide bonds. The first-order valence-electron chi connectivity index (χ1n) is 9.06. The first-order chi connectivity index (χ1) is 12.7. The van der Waals surface area contributed by atoms with Crippen molar-refractivity contribution in [2.75, 3.05) is 19.7 Å². The number of hydrogen-bond donors (Lipinski definition) is 1. The molecule has 7 nitrogen and oxygen atoms in total. The molecule has 1 fully saturated rings. The lowest BCUT2D eigenvalue weighted by atomic mass is 10.0. The third-order valence-electron chi connectivity index (χ3n) is 5.08. The van der Waals surface area contributed by atoms with Gasteiger partial charge in [0.2, 0.25) is 6.10 Å². The van der Waals surface area contributed by atoms with E-state index in [1.54, 1.807) is 0 Å². The highest BCUT2D eigenvalue weighted by Gasteiger charge is 2.32. The number of nitrogens with one attached hydrogen (secondary N) is 1. The van der Waals surface area contributed by atoms with Crippen molar-refractivity contribution in [2.45, 2.75) is 31.5 Å². The van der Waals surface area contributed by atoms with Crippen LogP contribution in [-0.2, 0) is 18.4 Å². The van der Waals surface area contributed by atoms with Crippen LogP contribution in [0.4, 0.5) is 0 Å². The van der Waals surface area contributed by atoms with E-state index in [1.807, 2.05) is 53.3 Å². The molecule has 1 aromatic carbocycles. The number of carbonyl (C=O) groups excluding carboxylic acids is 1. The van der Waals surface area contributed by atoms with E-state index < -0.39 is 6.10 Å². The average molecular weight is 356 g/mol. The highest BCUT2D eigenvalue weighted by molar-refractivity contribution is 5.82. The molecule has 2 aliphatic rings. The van der Waals surface area contributed by atoms with Crippen LogP contribution in [0.15, 0.2) is 36.8 Å². The van der Waals surface area contributed by atoms with Crippen molar-refractivity contribution < 1.29 is 14.3 Å². The zero-order valence-corrected chi connectivity index (χ0v) is 14.9. The Labute approximate surface area is 152 Å². The Bertz CT molecular complexity index is 768. The maximum atomic E-state index is 12.7. The molecule has 0 radical (unpaired) electrons. The second kappa shape index (κ2) is 7.37. The highest BCUT2D eigenvalue weighted by atomic mass is 16.6. The topological polar surface area (TPSA) is 68.6 Å². The molecule has 2 aromatic rings. The number of hydrogen-bond acceptors (Lipinski definition) is 5. The number of rotatable bonds is 4. The van der Waals surface area contributed by atoms with Gasteiger partial charge in [-0.2, -0.15) is 0 Å². The fraction of sp³-hybridized carbons (Fsp3) is 0.474. The predicted molar refractivity (Wildman–Crippen MR) is 96.0 cm³/mol. The quantitative estimate of drug-likeness (QED) is 0.895. The standard InChI is InChI=1S/C19H24N4O3/c1-22-13-20-10-15(22)11-21-14-6-8-23(9-7-14)19(24)18-12-25-16-4-2-3-5-17(16)26-18/h2-5,10,13-14,18,21H,6-9,11-12H2,1H3. The van der Waals surface area contributed by atoms with Crippen LogP contribution in [-0.4, -0.2) is 52.2 Å². The van der Waals surface area contributed by atoms with Crippen molar-refractivity contribution in [3.8, 4) is 11.5 Å². The summed E-state index contributed by atoms with van der Waals surface area (Å²) >= 11 is 0. The Morgan fingerprint density at radius 2 is 2.04 bits per heavy atom. The van der Waals surface area contributed by atoms with E-state index in [9.17, 15) is 4.79 Å². The second-order valence-corrected chi connectivity index (χ2v) is 6.84. The van der Waals surface area contributed by atoms with Crippen LogP contribution in [0.2, 0.25) is 0 Å². The summed E-state index contributed by atoms with van der Waals surface area (Å²) in [5.41, 5.74) is 1.16. The minimum Gasteiger partial charge on any atom is -0.485 e. The zero-order chi connectivity index (χ0) is 17.9. The summed E-state index contributed by atoms with van der Waals surface area (Å²) in [5, 5.41) is 3.56. The maximum absolute atomic E-state index is 12.7. The van der Waals surface area contributed by atoms with Gasteiger partial charge >= 0.3 is 0 Å². The van der Waals surface area contributed by atoms with E-state index in [-0.39, 0.29) is 12.5 Å². The van der Waals surface area contributed by atoms with Crippen molar-refractivity contribution >= 4 is 5.91 Å². The third-order valence-corrected chi connectivity index (χ3v) is 5.08. The molecule has 1 unspecified atom stereocenters. The van der Waals surface area contributed by atoms with E-state index in [0.717, 1.165) is 38.2 Å². The van der Waals surface area contributed by atoms with Crippen LogP contribution >= 0.6 is 0 Å². The van der Waals surface area contributed by atoms with Gasteiger partial charge in [0.15, 0.2) is 11.5 Å². The van der Waals surface area contributed by atoms with E-state index >= 15 is 0 Å². The van der Waals surface area contributed by atoms with Crippen molar-refractivity contribution in [1.29, 1.82) is 0 Å². The number of imidazole rings is 1.